The van der Waals surface area contributed by atoms with Crippen LogP contribution < -0.4 is 0 Å². The van der Waals surface area contributed by atoms with Gasteiger partial charge in [0.15, 0.2) is 0 Å². The SMILES string of the molecule is CC1(C)COCN1S(=O)(=O)c1cccc(Cl)c1. The molecule has 4 nitrogen and oxygen atoms in total. The summed E-state index contributed by atoms with van der Waals surface area (Å²) in [6, 6.07) is 6.26. The Morgan fingerprint density at radius 3 is 2.65 bits per heavy atom. The molecule has 1 heterocycles. The van der Waals surface area contributed by atoms with Crippen LogP contribution in [0.2, 0.25) is 5.02 Å². The first-order chi connectivity index (χ1) is 7.84. The second-order valence-corrected chi connectivity index (χ2v) is 6.90. The molecule has 0 saturated carbocycles. The molecule has 2 rings (SSSR count). The number of ether oxygens (including phenoxy) is 1. The number of benzene rings is 1. The van der Waals surface area contributed by atoms with Gasteiger partial charge in [-0.1, -0.05) is 17.7 Å². The average molecular weight is 276 g/mol. The molecule has 1 saturated heterocycles. The standard InChI is InChI=1S/C11H14ClNO3S/c1-11(2)7-16-8-13(11)17(14,15)10-5-3-4-9(12)6-10/h3-6H,7-8H2,1-2H3. The molecule has 0 radical (unpaired) electrons. The van der Waals surface area contributed by atoms with Crippen molar-refractivity contribution in [2.24, 2.45) is 0 Å². The molecule has 0 aliphatic carbocycles. The Hall–Kier alpha value is -0.620. The van der Waals surface area contributed by atoms with Gasteiger partial charge in [-0.2, -0.15) is 4.31 Å². The highest BCUT2D eigenvalue weighted by Crippen LogP contribution is 2.29. The van der Waals surface area contributed by atoms with Crippen LogP contribution in [0, 0.1) is 0 Å². The third-order valence-corrected chi connectivity index (χ3v) is 4.99. The summed E-state index contributed by atoms with van der Waals surface area (Å²) < 4.78 is 31.4. The summed E-state index contributed by atoms with van der Waals surface area (Å²) in [6.07, 6.45) is 0. The molecule has 0 aromatic heterocycles. The molecule has 0 atom stereocenters. The van der Waals surface area contributed by atoms with Crippen LogP contribution in [0.3, 0.4) is 0 Å². The van der Waals surface area contributed by atoms with E-state index >= 15 is 0 Å². The first-order valence-electron chi connectivity index (χ1n) is 5.20. The molecule has 0 spiro atoms. The van der Waals surface area contributed by atoms with Crippen LogP contribution in [-0.2, 0) is 14.8 Å². The summed E-state index contributed by atoms with van der Waals surface area (Å²) in [7, 11) is -3.54. The molecule has 0 amide bonds. The monoisotopic (exact) mass is 275 g/mol. The Labute approximate surface area is 106 Å². The first kappa shape index (κ1) is 12.8. The van der Waals surface area contributed by atoms with E-state index in [4.69, 9.17) is 16.3 Å². The van der Waals surface area contributed by atoms with Gasteiger partial charge in [0.2, 0.25) is 10.0 Å². The lowest BCUT2D eigenvalue weighted by Crippen LogP contribution is -2.44. The summed E-state index contributed by atoms with van der Waals surface area (Å²) in [5.74, 6) is 0. The van der Waals surface area contributed by atoms with Gasteiger partial charge in [0.25, 0.3) is 0 Å². The van der Waals surface area contributed by atoms with Crippen LogP contribution in [-0.4, -0.2) is 31.6 Å². The largest absolute Gasteiger partial charge is 0.363 e. The quantitative estimate of drug-likeness (QED) is 0.830. The van der Waals surface area contributed by atoms with E-state index < -0.39 is 15.6 Å². The Morgan fingerprint density at radius 2 is 2.12 bits per heavy atom. The average Bonchev–Trinajstić information content (AvgIpc) is 2.58. The molecule has 0 unspecified atom stereocenters. The van der Waals surface area contributed by atoms with Gasteiger partial charge >= 0.3 is 0 Å². The molecule has 0 bridgehead atoms. The van der Waals surface area contributed by atoms with E-state index in [0.29, 0.717) is 11.6 Å². The minimum Gasteiger partial charge on any atom is -0.363 e. The summed E-state index contributed by atoms with van der Waals surface area (Å²) >= 11 is 5.81. The molecule has 6 heteroatoms. The summed E-state index contributed by atoms with van der Waals surface area (Å²) in [4.78, 5) is 0.198. The molecular weight excluding hydrogens is 262 g/mol. The fourth-order valence-corrected chi connectivity index (χ4v) is 3.73. The third kappa shape index (κ3) is 2.33. The van der Waals surface area contributed by atoms with Gasteiger partial charge in [-0.15, -0.1) is 0 Å². The Bertz CT molecular complexity index is 527. The zero-order valence-electron chi connectivity index (χ0n) is 9.68. The van der Waals surface area contributed by atoms with Crippen molar-refractivity contribution in [3.05, 3.63) is 29.3 Å². The minimum atomic E-state index is -3.54. The Morgan fingerprint density at radius 1 is 1.41 bits per heavy atom. The van der Waals surface area contributed by atoms with E-state index in [2.05, 4.69) is 0 Å². The lowest BCUT2D eigenvalue weighted by atomic mass is 10.1. The third-order valence-electron chi connectivity index (χ3n) is 2.72. The second-order valence-electron chi connectivity index (χ2n) is 4.60. The van der Waals surface area contributed by atoms with E-state index in [1.54, 1.807) is 12.1 Å². The van der Waals surface area contributed by atoms with Crippen LogP contribution in [0.15, 0.2) is 29.2 Å². The van der Waals surface area contributed by atoms with Crippen LogP contribution in [0.25, 0.3) is 0 Å². The van der Waals surface area contributed by atoms with Crippen LogP contribution in [0.4, 0.5) is 0 Å². The van der Waals surface area contributed by atoms with Crippen molar-refractivity contribution >= 4 is 21.6 Å². The normalized spacial score (nSPS) is 20.6. The predicted octanol–water partition coefficient (Wildman–Crippen LogP) is 2.10. The fraction of sp³-hybridized carbons (Fsp3) is 0.455. The van der Waals surface area contributed by atoms with Crippen LogP contribution >= 0.6 is 11.6 Å². The van der Waals surface area contributed by atoms with Crippen molar-refractivity contribution < 1.29 is 13.2 Å². The number of hydrogen-bond acceptors (Lipinski definition) is 3. The zero-order valence-corrected chi connectivity index (χ0v) is 11.3. The molecule has 1 fully saturated rings. The van der Waals surface area contributed by atoms with Gasteiger partial charge < -0.3 is 4.74 Å². The molecule has 0 N–H and O–H groups in total. The number of hydrogen-bond donors (Lipinski definition) is 0. The topological polar surface area (TPSA) is 46.6 Å². The maximum atomic E-state index is 12.4. The van der Waals surface area contributed by atoms with E-state index in [-0.39, 0.29) is 11.6 Å². The highest BCUT2D eigenvalue weighted by atomic mass is 35.5. The summed E-state index contributed by atoms with van der Waals surface area (Å²) in [6.45, 7) is 4.15. The lowest BCUT2D eigenvalue weighted by Gasteiger charge is -2.28. The van der Waals surface area contributed by atoms with E-state index in [1.165, 1.54) is 16.4 Å². The number of sulfonamides is 1. The van der Waals surface area contributed by atoms with Crippen molar-refractivity contribution in [2.45, 2.75) is 24.3 Å². The zero-order chi connectivity index (χ0) is 12.7. The predicted molar refractivity (Wildman–Crippen MR) is 65.4 cm³/mol. The van der Waals surface area contributed by atoms with Gasteiger partial charge in [0, 0.05) is 5.02 Å². The lowest BCUT2D eigenvalue weighted by molar-refractivity contribution is 0.171. The van der Waals surface area contributed by atoms with E-state index in [9.17, 15) is 8.42 Å². The molecule has 1 aliphatic heterocycles. The highest BCUT2D eigenvalue weighted by Gasteiger charge is 2.42. The van der Waals surface area contributed by atoms with Gasteiger partial charge in [-0.05, 0) is 32.0 Å². The molecule has 17 heavy (non-hydrogen) atoms. The molecule has 94 valence electrons. The maximum Gasteiger partial charge on any atom is 0.245 e. The van der Waals surface area contributed by atoms with Crippen molar-refractivity contribution in [1.29, 1.82) is 0 Å². The van der Waals surface area contributed by atoms with Crippen molar-refractivity contribution in [3.8, 4) is 0 Å². The summed E-state index contributed by atoms with van der Waals surface area (Å²) in [5.41, 5.74) is -0.527. The van der Waals surface area contributed by atoms with Crippen molar-refractivity contribution in [2.75, 3.05) is 13.3 Å². The molecule has 1 aromatic carbocycles. The molecular formula is C11H14ClNO3S. The van der Waals surface area contributed by atoms with Crippen LogP contribution in [0.1, 0.15) is 13.8 Å². The Kier molecular flexibility index (Phi) is 3.20. The second kappa shape index (κ2) is 4.24. The highest BCUT2D eigenvalue weighted by molar-refractivity contribution is 7.89. The van der Waals surface area contributed by atoms with E-state index in [0.717, 1.165) is 0 Å². The van der Waals surface area contributed by atoms with Gasteiger partial charge in [-0.25, -0.2) is 8.42 Å². The van der Waals surface area contributed by atoms with Gasteiger partial charge in [-0.3, -0.25) is 0 Å². The Balaban J connectivity index is 2.44. The number of halogens is 1. The molecule has 1 aromatic rings. The summed E-state index contributed by atoms with van der Waals surface area (Å²) in [5, 5.41) is 0.406. The first-order valence-corrected chi connectivity index (χ1v) is 7.02. The van der Waals surface area contributed by atoms with Crippen molar-refractivity contribution in [3.63, 3.8) is 0 Å². The smallest absolute Gasteiger partial charge is 0.245 e. The number of nitrogens with zero attached hydrogens (tertiary/aromatic N) is 1. The van der Waals surface area contributed by atoms with E-state index in [1.807, 2.05) is 13.8 Å². The molecule has 1 aliphatic rings. The van der Waals surface area contributed by atoms with Crippen LogP contribution in [0.5, 0.6) is 0 Å². The van der Waals surface area contributed by atoms with Gasteiger partial charge in [0.1, 0.15) is 6.73 Å². The van der Waals surface area contributed by atoms with Crippen molar-refractivity contribution in [1.82, 2.24) is 4.31 Å². The van der Waals surface area contributed by atoms with Gasteiger partial charge in [0.05, 0.1) is 17.0 Å². The fourth-order valence-electron chi connectivity index (χ4n) is 1.77. The minimum absolute atomic E-state index is 0.0852. The number of rotatable bonds is 2. The maximum absolute atomic E-state index is 12.4.